The Bertz CT molecular complexity index is 1140. The number of carbonyl (C=O) groups is 1. The number of ether oxygens (including phenoxy) is 1. The number of morpholine rings is 1. The molecule has 0 atom stereocenters. The van der Waals surface area contributed by atoms with E-state index < -0.39 is 10.0 Å². The Morgan fingerprint density at radius 1 is 0.857 bits per heavy atom. The number of aryl methyl sites for hydroxylation is 2. The molecule has 0 saturated carbocycles. The average Bonchev–Trinajstić information content (AvgIpc) is 3.34. The van der Waals surface area contributed by atoms with Crippen molar-refractivity contribution in [3.63, 3.8) is 0 Å². The van der Waals surface area contributed by atoms with Gasteiger partial charge in [-0.2, -0.15) is 4.31 Å². The molecule has 2 heterocycles. The second kappa shape index (κ2) is 10.8. The van der Waals surface area contributed by atoms with Crippen molar-refractivity contribution in [3.05, 3.63) is 59.2 Å². The summed E-state index contributed by atoms with van der Waals surface area (Å²) in [5.41, 5.74) is 4.42. The summed E-state index contributed by atoms with van der Waals surface area (Å²) >= 11 is 0. The molecule has 0 bridgehead atoms. The van der Waals surface area contributed by atoms with E-state index in [2.05, 4.69) is 10.2 Å². The molecular formula is C26H34N4O4S. The first-order valence-corrected chi connectivity index (χ1v) is 13.9. The number of hydrogen-bond donors (Lipinski definition) is 1. The number of sulfonamides is 1. The van der Waals surface area contributed by atoms with Gasteiger partial charge in [-0.3, -0.25) is 14.6 Å². The van der Waals surface area contributed by atoms with E-state index in [4.69, 9.17) is 4.74 Å². The summed E-state index contributed by atoms with van der Waals surface area (Å²) in [4.78, 5) is 17.3. The second-order valence-electron chi connectivity index (χ2n) is 9.60. The number of anilines is 1. The van der Waals surface area contributed by atoms with Gasteiger partial charge in [0.05, 0.1) is 24.7 Å². The fraction of sp³-hybridized carbons (Fsp3) is 0.500. The van der Waals surface area contributed by atoms with E-state index in [0.717, 1.165) is 63.4 Å². The minimum absolute atomic E-state index is 0.0825. The van der Waals surface area contributed by atoms with Gasteiger partial charge in [0.15, 0.2) is 0 Å². The predicted octanol–water partition coefficient (Wildman–Crippen LogP) is 1.95. The number of nitrogens with zero attached hydrogens (tertiary/aromatic N) is 3. The highest BCUT2D eigenvalue weighted by Crippen LogP contribution is 2.26. The number of hydrogen-bond acceptors (Lipinski definition) is 6. The molecule has 2 aliphatic heterocycles. The first-order valence-electron chi connectivity index (χ1n) is 12.5. The van der Waals surface area contributed by atoms with Crippen molar-refractivity contribution in [1.29, 1.82) is 0 Å². The maximum atomic E-state index is 13.1. The number of carbonyl (C=O) groups excluding carboxylic acids is 1. The molecule has 1 N–H and O–H groups in total. The molecule has 3 aliphatic rings. The van der Waals surface area contributed by atoms with Crippen LogP contribution in [-0.2, 0) is 38.9 Å². The smallest absolute Gasteiger partial charge is 0.243 e. The molecule has 188 valence electrons. The standard InChI is InChI=1S/C26H34N4O4S/c31-26(27-24-7-4-21(5-8-24)19-29-14-16-34-17-15-29)20-28-10-12-30(13-11-28)35(32,33)25-9-6-22-2-1-3-23(22)18-25/h4-9,18H,1-3,10-17,19-20H2,(H,27,31). The van der Waals surface area contributed by atoms with Crippen molar-refractivity contribution in [2.75, 3.05) is 64.3 Å². The predicted molar refractivity (Wildman–Crippen MR) is 135 cm³/mol. The Hall–Kier alpha value is -2.30. The molecule has 2 saturated heterocycles. The van der Waals surface area contributed by atoms with Crippen molar-refractivity contribution >= 4 is 21.6 Å². The first-order chi connectivity index (χ1) is 17.0. The van der Waals surface area contributed by atoms with Crippen molar-refractivity contribution in [1.82, 2.24) is 14.1 Å². The van der Waals surface area contributed by atoms with E-state index in [0.29, 0.717) is 31.1 Å². The lowest BCUT2D eigenvalue weighted by Crippen LogP contribution is -2.50. The normalized spacial score (nSPS) is 20.0. The average molecular weight is 499 g/mol. The Balaban J connectivity index is 1.09. The van der Waals surface area contributed by atoms with Gasteiger partial charge < -0.3 is 10.1 Å². The van der Waals surface area contributed by atoms with Crippen LogP contribution in [0.5, 0.6) is 0 Å². The molecule has 9 heteroatoms. The number of rotatable bonds is 7. The third kappa shape index (κ3) is 5.92. The second-order valence-corrected chi connectivity index (χ2v) is 11.5. The number of piperazine rings is 1. The van der Waals surface area contributed by atoms with Crippen LogP contribution in [0.1, 0.15) is 23.1 Å². The molecule has 0 spiro atoms. The Labute approximate surface area is 207 Å². The molecule has 8 nitrogen and oxygen atoms in total. The molecule has 1 aliphatic carbocycles. The monoisotopic (exact) mass is 498 g/mol. The zero-order chi connectivity index (χ0) is 24.3. The van der Waals surface area contributed by atoms with E-state index in [9.17, 15) is 13.2 Å². The number of fused-ring (bicyclic) bond motifs is 1. The van der Waals surface area contributed by atoms with Gasteiger partial charge in [-0.25, -0.2) is 8.42 Å². The van der Waals surface area contributed by atoms with E-state index in [1.54, 1.807) is 10.4 Å². The van der Waals surface area contributed by atoms with Crippen LogP contribution in [0.15, 0.2) is 47.4 Å². The summed E-state index contributed by atoms with van der Waals surface area (Å²) in [6.45, 7) is 6.45. The SMILES string of the molecule is O=C(CN1CCN(S(=O)(=O)c2ccc3c(c2)CCC3)CC1)Nc1ccc(CN2CCOCC2)cc1. The lowest BCUT2D eigenvalue weighted by molar-refractivity contribution is -0.117. The van der Waals surface area contributed by atoms with Crippen LogP contribution in [0.25, 0.3) is 0 Å². The van der Waals surface area contributed by atoms with Crippen LogP contribution in [0.2, 0.25) is 0 Å². The Kier molecular flexibility index (Phi) is 7.50. The van der Waals surface area contributed by atoms with Gasteiger partial charge in [-0.15, -0.1) is 0 Å². The minimum atomic E-state index is -3.50. The molecule has 0 radical (unpaired) electrons. The Morgan fingerprint density at radius 3 is 2.31 bits per heavy atom. The summed E-state index contributed by atoms with van der Waals surface area (Å²) in [5, 5.41) is 2.97. The molecule has 0 unspecified atom stereocenters. The maximum absolute atomic E-state index is 13.1. The van der Waals surface area contributed by atoms with Crippen LogP contribution in [-0.4, -0.2) is 87.5 Å². The summed E-state index contributed by atoms with van der Waals surface area (Å²) in [6.07, 6.45) is 3.09. The zero-order valence-corrected chi connectivity index (χ0v) is 20.9. The summed E-state index contributed by atoms with van der Waals surface area (Å²) in [5.74, 6) is -0.0825. The number of amides is 1. The first kappa shape index (κ1) is 24.4. The molecule has 35 heavy (non-hydrogen) atoms. The summed E-state index contributed by atoms with van der Waals surface area (Å²) in [6, 6.07) is 13.5. The Morgan fingerprint density at radius 2 is 1.57 bits per heavy atom. The van der Waals surface area contributed by atoms with Crippen LogP contribution in [0, 0.1) is 0 Å². The topological polar surface area (TPSA) is 82.2 Å². The lowest BCUT2D eigenvalue weighted by Gasteiger charge is -2.33. The molecule has 0 aromatic heterocycles. The maximum Gasteiger partial charge on any atom is 0.243 e. The van der Waals surface area contributed by atoms with Gasteiger partial charge in [-0.1, -0.05) is 18.2 Å². The van der Waals surface area contributed by atoms with E-state index in [1.165, 1.54) is 11.1 Å². The van der Waals surface area contributed by atoms with Gasteiger partial charge in [-0.05, 0) is 60.2 Å². The fourth-order valence-corrected chi connectivity index (χ4v) is 6.57. The highest BCUT2D eigenvalue weighted by molar-refractivity contribution is 7.89. The van der Waals surface area contributed by atoms with E-state index in [-0.39, 0.29) is 12.5 Å². The van der Waals surface area contributed by atoms with Gasteiger partial charge in [0.1, 0.15) is 0 Å². The van der Waals surface area contributed by atoms with E-state index in [1.807, 2.05) is 41.3 Å². The molecular weight excluding hydrogens is 464 g/mol. The third-order valence-corrected chi connectivity index (χ3v) is 9.05. The van der Waals surface area contributed by atoms with Crippen molar-refractivity contribution in [2.45, 2.75) is 30.7 Å². The van der Waals surface area contributed by atoms with Crippen molar-refractivity contribution in [3.8, 4) is 0 Å². The molecule has 1 amide bonds. The van der Waals surface area contributed by atoms with E-state index >= 15 is 0 Å². The van der Waals surface area contributed by atoms with Gasteiger partial charge in [0, 0.05) is 51.5 Å². The minimum Gasteiger partial charge on any atom is -0.379 e. The zero-order valence-electron chi connectivity index (χ0n) is 20.1. The van der Waals surface area contributed by atoms with Gasteiger partial charge in [0.2, 0.25) is 15.9 Å². The van der Waals surface area contributed by atoms with Crippen LogP contribution >= 0.6 is 0 Å². The molecule has 5 rings (SSSR count). The largest absolute Gasteiger partial charge is 0.379 e. The highest BCUT2D eigenvalue weighted by atomic mass is 32.2. The lowest BCUT2D eigenvalue weighted by atomic mass is 10.1. The molecule has 2 fully saturated rings. The highest BCUT2D eigenvalue weighted by Gasteiger charge is 2.30. The van der Waals surface area contributed by atoms with Crippen LogP contribution in [0.4, 0.5) is 5.69 Å². The summed E-state index contributed by atoms with van der Waals surface area (Å²) in [7, 11) is -3.50. The number of nitrogens with one attached hydrogen (secondary N) is 1. The molecule has 2 aromatic rings. The van der Waals surface area contributed by atoms with Crippen LogP contribution in [0.3, 0.4) is 0 Å². The van der Waals surface area contributed by atoms with Gasteiger partial charge in [0.25, 0.3) is 0 Å². The van der Waals surface area contributed by atoms with Crippen molar-refractivity contribution in [2.24, 2.45) is 0 Å². The number of benzene rings is 2. The quantitative estimate of drug-likeness (QED) is 0.629. The third-order valence-electron chi connectivity index (χ3n) is 7.15. The summed E-state index contributed by atoms with van der Waals surface area (Å²) < 4.78 is 33.2. The molecule has 2 aromatic carbocycles. The van der Waals surface area contributed by atoms with Crippen molar-refractivity contribution < 1.29 is 17.9 Å². The fourth-order valence-electron chi connectivity index (χ4n) is 5.10. The van der Waals surface area contributed by atoms with Gasteiger partial charge >= 0.3 is 0 Å². The van der Waals surface area contributed by atoms with Crippen LogP contribution < -0.4 is 5.32 Å².